The van der Waals surface area contributed by atoms with E-state index in [2.05, 4.69) is 5.32 Å². The van der Waals surface area contributed by atoms with E-state index in [0.717, 1.165) is 6.20 Å². The van der Waals surface area contributed by atoms with E-state index in [1.54, 1.807) is 45.2 Å². The number of nitrogens with one attached hydrogen (secondary N) is 1. The molecule has 2 aromatic heterocycles. The summed E-state index contributed by atoms with van der Waals surface area (Å²) in [4.78, 5) is 49.3. The molecule has 1 N–H and O–H groups in total. The number of para-hydroxylation sites is 1. The monoisotopic (exact) mass is 412 g/mol. The van der Waals surface area contributed by atoms with Crippen molar-refractivity contribution in [3.63, 3.8) is 0 Å². The number of esters is 2. The standard InChI is InChI=1S/C21H20N2O7/c1-4-28-19(25)14(20(26)29-5-2)11-22-15-10-13-17(30-21(15)27)12-8-6-7-9-16(12)23(3)18(13)24/h6-11,22H,4-5H2,1-3H3. The summed E-state index contributed by atoms with van der Waals surface area (Å²) < 4.78 is 16.5. The lowest BCUT2D eigenvalue weighted by Gasteiger charge is -2.09. The van der Waals surface area contributed by atoms with Crippen molar-refractivity contribution in [2.75, 3.05) is 18.5 Å². The second kappa shape index (κ2) is 8.64. The van der Waals surface area contributed by atoms with E-state index in [4.69, 9.17) is 13.9 Å². The minimum atomic E-state index is -0.907. The zero-order valence-electron chi connectivity index (χ0n) is 16.7. The van der Waals surface area contributed by atoms with Crippen LogP contribution in [-0.2, 0) is 26.1 Å². The number of nitrogens with zero attached hydrogens (tertiary/aromatic N) is 1. The fourth-order valence-corrected chi connectivity index (χ4v) is 2.95. The lowest BCUT2D eigenvalue weighted by molar-refractivity contribution is -0.146. The van der Waals surface area contributed by atoms with Crippen LogP contribution in [0.3, 0.4) is 0 Å². The van der Waals surface area contributed by atoms with Crippen LogP contribution in [0.25, 0.3) is 21.9 Å². The highest BCUT2D eigenvalue weighted by Crippen LogP contribution is 2.22. The van der Waals surface area contributed by atoms with E-state index in [1.165, 1.54) is 10.6 Å². The normalized spacial score (nSPS) is 10.6. The van der Waals surface area contributed by atoms with Crippen LogP contribution < -0.4 is 16.5 Å². The molecule has 1 aromatic carbocycles. The number of hydrogen-bond acceptors (Lipinski definition) is 8. The number of fused-ring (bicyclic) bond motifs is 3. The van der Waals surface area contributed by atoms with E-state index >= 15 is 0 Å². The number of carbonyl (C=O) groups is 2. The number of hydrogen-bond donors (Lipinski definition) is 1. The second-order valence-corrected chi connectivity index (χ2v) is 6.21. The summed E-state index contributed by atoms with van der Waals surface area (Å²) in [5.41, 5.74) is -0.916. The molecule has 0 fully saturated rings. The van der Waals surface area contributed by atoms with E-state index in [9.17, 15) is 19.2 Å². The van der Waals surface area contributed by atoms with Crippen molar-refractivity contribution >= 4 is 39.5 Å². The molecule has 0 amide bonds. The summed E-state index contributed by atoms with van der Waals surface area (Å²) in [5, 5.41) is 3.33. The Labute approximate surface area is 170 Å². The van der Waals surface area contributed by atoms with Crippen molar-refractivity contribution in [2.45, 2.75) is 13.8 Å². The van der Waals surface area contributed by atoms with Gasteiger partial charge in [0.1, 0.15) is 5.69 Å². The maximum Gasteiger partial charge on any atom is 0.360 e. The molecule has 9 nitrogen and oxygen atoms in total. The van der Waals surface area contributed by atoms with Gasteiger partial charge in [0, 0.05) is 18.6 Å². The average Bonchev–Trinajstić information content (AvgIpc) is 2.73. The first-order valence-corrected chi connectivity index (χ1v) is 9.25. The summed E-state index contributed by atoms with van der Waals surface area (Å²) in [5.74, 6) is -1.81. The van der Waals surface area contributed by atoms with Crippen LogP contribution in [0.15, 0.2) is 56.1 Å². The number of aryl methyl sites for hydroxylation is 1. The Balaban J connectivity index is 2.12. The first-order valence-electron chi connectivity index (χ1n) is 9.25. The van der Waals surface area contributed by atoms with Crippen LogP contribution in [0.4, 0.5) is 5.69 Å². The quantitative estimate of drug-likeness (QED) is 0.215. The Morgan fingerprint density at radius 3 is 2.33 bits per heavy atom. The summed E-state index contributed by atoms with van der Waals surface area (Å²) in [6.45, 7) is 3.28. The summed E-state index contributed by atoms with van der Waals surface area (Å²) in [6, 6.07) is 8.36. The molecule has 0 bridgehead atoms. The number of carbonyl (C=O) groups excluding carboxylic acids is 2. The van der Waals surface area contributed by atoms with Gasteiger partial charge in [0.2, 0.25) is 0 Å². The Morgan fingerprint density at radius 1 is 1.07 bits per heavy atom. The number of rotatable bonds is 6. The maximum absolute atomic E-state index is 12.7. The molecule has 3 aromatic rings. The molecule has 156 valence electrons. The Kier molecular flexibility index (Phi) is 6.01. The van der Waals surface area contributed by atoms with E-state index in [0.29, 0.717) is 10.9 Å². The fourth-order valence-electron chi connectivity index (χ4n) is 2.95. The van der Waals surface area contributed by atoms with Crippen LogP contribution in [0, 0.1) is 0 Å². The van der Waals surface area contributed by atoms with Gasteiger partial charge in [-0.05, 0) is 32.0 Å². The van der Waals surface area contributed by atoms with Gasteiger partial charge in [0.25, 0.3) is 5.56 Å². The maximum atomic E-state index is 12.7. The molecule has 0 saturated carbocycles. The largest absolute Gasteiger partial charge is 0.462 e. The first kappa shape index (κ1) is 20.8. The van der Waals surface area contributed by atoms with Crippen LogP contribution in [0.2, 0.25) is 0 Å². The Morgan fingerprint density at radius 2 is 1.70 bits per heavy atom. The fraction of sp³-hybridized carbons (Fsp3) is 0.238. The van der Waals surface area contributed by atoms with E-state index in [-0.39, 0.29) is 35.4 Å². The number of anilines is 1. The molecule has 2 heterocycles. The molecular formula is C21H20N2O7. The Hall–Kier alpha value is -3.88. The zero-order valence-corrected chi connectivity index (χ0v) is 16.7. The van der Waals surface area contributed by atoms with E-state index in [1.807, 2.05) is 0 Å². The predicted molar refractivity (Wildman–Crippen MR) is 110 cm³/mol. The van der Waals surface area contributed by atoms with Crippen LogP contribution in [0.5, 0.6) is 0 Å². The van der Waals surface area contributed by atoms with Gasteiger partial charge in [0.15, 0.2) is 11.2 Å². The van der Waals surface area contributed by atoms with Gasteiger partial charge < -0.3 is 23.8 Å². The summed E-state index contributed by atoms with van der Waals surface area (Å²) in [7, 11) is 1.61. The lowest BCUT2D eigenvalue weighted by Crippen LogP contribution is -2.21. The van der Waals surface area contributed by atoms with Crippen molar-refractivity contribution in [3.8, 4) is 0 Å². The number of aromatic nitrogens is 1. The Bertz CT molecular complexity index is 1260. The molecule has 0 aliphatic rings. The molecule has 0 aliphatic heterocycles. The van der Waals surface area contributed by atoms with Gasteiger partial charge in [-0.1, -0.05) is 12.1 Å². The van der Waals surface area contributed by atoms with Gasteiger partial charge in [-0.25, -0.2) is 14.4 Å². The molecule has 0 aliphatic carbocycles. The number of ether oxygens (including phenoxy) is 2. The van der Waals surface area contributed by atoms with Crippen molar-refractivity contribution in [1.82, 2.24) is 4.57 Å². The lowest BCUT2D eigenvalue weighted by atomic mass is 10.1. The first-order chi connectivity index (χ1) is 14.4. The molecular weight excluding hydrogens is 392 g/mol. The van der Waals surface area contributed by atoms with E-state index < -0.39 is 23.1 Å². The number of benzene rings is 1. The highest BCUT2D eigenvalue weighted by Gasteiger charge is 2.21. The zero-order chi connectivity index (χ0) is 21.8. The van der Waals surface area contributed by atoms with Crippen molar-refractivity contribution < 1.29 is 23.5 Å². The molecule has 0 radical (unpaired) electrons. The van der Waals surface area contributed by atoms with Gasteiger partial charge in [0.05, 0.1) is 24.1 Å². The SMILES string of the molecule is CCOC(=O)C(=CNc1cc2c(=O)n(C)c3ccccc3c2oc1=O)C(=O)OCC. The van der Waals surface area contributed by atoms with Crippen molar-refractivity contribution in [2.24, 2.45) is 7.05 Å². The molecule has 0 unspecified atom stereocenters. The molecule has 3 rings (SSSR count). The molecule has 0 saturated heterocycles. The van der Waals surface area contributed by atoms with Gasteiger partial charge in [-0.3, -0.25) is 4.79 Å². The average molecular weight is 412 g/mol. The molecule has 0 spiro atoms. The third kappa shape index (κ3) is 3.82. The minimum absolute atomic E-state index is 0.0524. The second-order valence-electron chi connectivity index (χ2n) is 6.21. The van der Waals surface area contributed by atoms with Crippen LogP contribution >= 0.6 is 0 Å². The molecule has 0 atom stereocenters. The van der Waals surface area contributed by atoms with Crippen molar-refractivity contribution in [1.29, 1.82) is 0 Å². The highest BCUT2D eigenvalue weighted by molar-refractivity contribution is 6.14. The van der Waals surface area contributed by atoms with Gasteiger partial charge in [-0.2, -0.15) is 0 Å². The molecule has 30 heavy (non-hydrogen) atoms. The third-order valence-electron chi connectivity index (χ3n) is 4.36. The van der Waals surface area contributed by atoms with Crippen LogP contribution in [-0.4, -0.2) is 29.7 Å². The highest BCUT2D eigenvalue weighted by atomic mass is 16.6. The summed E-state index contributed by atoms with van der Waals surface area (Å²) >= 11 is 0. The smallest absolute Gasteiger partial charge is 0.360 e. The predicted octanol–water partition coefficient (Wildman–Crippen LogP) is 2.07. The third-order valence-corrected chi connectivity index (χ3v) is 4.36. The molecule has 9 heteroatoms. The summed E-state index contributed by atoms with van der Waals surface area (Å²) in [6.07, 6.45) is 1.000. The van der Waals surface area contributed by atoms with Crippen LogP contribution in [0.1, 0.15) is 13.8 Å². The van der Waals surface area contributed by atoms with Gasteiger partial charge in [-0.15, -0.1) is 0 Å². The van der Waals surface area contributed by atoms with Gasteiger partial charge >= 0.3 is 17.6 Å². The topological polar surface area (TPSA) is 117 Å². The number of pyridine rings is 1. The van der Waals surface area contributed by atoms with Crippen molar-refractivity contribution in [3.05, 3.63) is 62.9 Å². The minimum Gasteiger partial charge on any atom is -0.462 e.